The normalized spacial score (nSPS) is 18.7. The molecule has 2 saturated heterocycles. The number of hydrogen-bond donors (Lipinski definition) is 4. The Hall–Kier alpha value is -6.16. The van der Waals surface area contributed by atoms with Gasteiger partial charge in [-0.25, -0.2) is 19.6 Å². The maximum absolute atomic E-state index is 14.0. The first kappa shape index (κ1) is 41.6. The topological polar surface area (TPSA) is 188 Å². The molecular formula is C45H54N8O7Si. The Morgan fingerprint density at radius 1 is 0.803 bits per heavy atom. The third-order valence-electron chi connectivity index (χ3n) is 12.2. The molecule has 5 heterocycles. The van der Waals surface area contributed by atoms with Gasteiger partial charge in [-0.05, 0) is 60.4 Å². The van der Waals surface area contributed by atoms with Gasteiger partial charge in [-0.1, -0.05) is 71.1 Å². The van der Waals surface area contributed by atoms with Gasteiger partial charge in [-0.3, -0.25) is 9.59 Å². The van der Waals surface area contributed by atoms with Crippen molar-refractivity contribution in [2.24, 2.45) is 11.8 Å². The number of methoxy groups -OCH3 is 2. The Bertz CT molecular complexity index is 2650. The van der Waals surface area contributed by atoms with Crippen molar-refractivity contribution in [3.05, 3.63) is 72.4 Å². The van der Waals surface area contributed by atoms with Gasteiger partial charge in [-0.15, -0.1) is 0 Å². The minimum absolute atomic E-state index is 0.120. The average molecular weight is 847 g/mol. The molecule has 4 atom stereocenters. The third kappa shape index (κ3) is 8.08. The first-order valence-electron chi connectivity index (χ1n) is 21.0. The lowest BCUT2D eigenvalue weighted by Gasteiger charge is -2.30. The number of fused-ring (bicyclic) bond motifs is 4. The molecule has 3 aromatic carbocycles. The van der Waals surface area contributed by atoms with Crippen LogP contribution in [-0.2, 0) is 19.1 Å². The fourth-order valence-corrected chi connectivity index (χ4v) is 11.8. The summed E-state index contributed by atoms with van der Waals surface area (Å²) in [6, 6.07) is 17.4. The summed E-state index contributed by atoms with van der Waals surface area (Å²) in [6.07, 6.45) is 2.79. The Balaban J connectivity index is 1.03. The number of furan rings is 1. The number of carbonyl (C=O) groups is 4. The molecule has 2 aliphatic heterocycles. The van der Waals surface area contributed by atoms with Gasteiger partial charge in [0.2, 0.25) is 11.8 Å². The van der Waals surface area contributed by atoms with E-state index in [1.165, 1.54) is 14.2 Å². The molecule has 0 spiro atoms. The second-order valence-electron chi connectivity index (χ2n) is 17.8. The highest BCUT2D eigenvalue weighted by molar-refractivity contribution is 6.78. The average Bonchev–Trinajstić information content (AvgIpc) is 4.09. The molecule has 61 heavy (non-hydrogen) atoms. The molecule has 4 N–H and O–H groups in total. The molecule has 0 bridgehead atoms. The zero-order valence-electron chi connectivity index (χ0n) is 35.9. The molecule has 2 aliphatic rings. The molecule has 8 rings (SSSR count). The highest BCUT2D eigenvalue weighted by Crippen LogP contribution is 2.40. The van der Waals surface area contributed by atoms with Crippen molar-refractivity contribution in [2.75, 3.05) is 26.9 Å². The molecule has 3 unspecified atom stereocenters. The molecule has 2 fully saturated rings. The zero-order valence-corrected chi connectivity index (χ0v) is 36.9. The van der Waals surface area contributed by atoms with E-state index in [0.29, 0.717) is 18.5 Å². The number of carbonyl (C=O) groups excluding carboxylic acids is 4. The number of H-pyrrole nitrogens is 2. The molecular weight excluding hydrogens is 793 g/mol. The van der Waals surface area contributed by atoms with E-state index in [1.807, 2.05) is 69.0 Å². The molecule has 3 aromatic heterocycles. The Kier molecular flexibility index (Phi) is 11.2. The van der Waals surface area contributed by atoms with E-state index in [9.17, 15) is 19.2 Å². The number of benzene rings is 3. The number of nitrogens with one attached hydrogen (secondary N) is 4. The second-order valence-corrected chi connectivity index (χ2v) is 22.9. The van der Waals surface area contributed by atoms with Crippen LogP contribution in [0.5, 0.6) is 0 Å². The second kappa shape index (κ2) is 16.4. The standard InChI is InChI=1S/C45H54N8O7Si/c1-24(2)37(50-44(56)58-5)42(54)52-17-9-10-33(52)40-46-21-32(48-40)27-11-12-29-20-36(60-35(29)19-27)28-13-15-30-26(18-28)14-16-31-39(30)49-41(47-31)34-22-61(7,8)23-53(34)43(55)38(25(3)4)51-45(57)59-6/h11-16,18-21,24-25,33-34,37-38H,9-10,17,22-23H2,1-8H3,(H,46,48)(H,47,49)(H,50,56)(H,51,57)/t33?,34-,37?,38?/m0/s1. The van der Waals surface area contributed by atoms with Gasteiger partial charge < -0.3 is 44.3 Å². The quantitative estimate of drug-likeness (QED) is 0.0989. The lowest BCUT2D eigenvalue weighted by molar-refractivity contribution is -0.136. The van der Waals surface area contributed by atoms with E-state index in [-0.39, 0.29) is 35.7 Å². The van der Waals surface area contributed by atoms with Crippen LogP contribution < -0.4 is 10.6 Å². The smallest absolute Gasteiger partial charge is 0.407 e. The van der Waals surface area contributed by atoms with Crippen LogP contribution in [0.25, 0.3) is 55.4 Å². The van der Waals surface area contributed by atoms with E-state index >= 15 is 0 Å². The van der Waals surface area contributed by atoms with Crippen LogP contribution in [0.3, 0.4) is 0 Å². The SMILES string of the molecule is COC(=O)NC(C(=O)N1CCCC1c1ncc(-c2ccc3cc(-c4ccc5c(ccc6[nH]c([C@@H]7C[Si](C)(C)CN7C(=O)C(NC(=O)OC)C(C)C)nc65)c4)oc3c2)[nH]1)C(C)C. The van der Waals surface area contributed by atoms with Gasteiger partial charge >= 0.3 is 12.2 Å². The van der Waals surface area contributed by atoms with E-state index in [4.69, 9.17) is 23.9 Å². The van der Waals surface area contributed by atoms with Gasteiger partial charge in [-0.2, -0.15) is 0 Å². The number of aromatic amines is 2. The van der Waals surface area contributed by atoms with Crippen molar-refractivity contribution < 1.29 is 33.1 Å². The summed E-state index contributed by atoms with van der Waals surface area (Å²) >= 11 is 0. The summed E-state index contributed by atoms with van der Waals surface area (Å²) in [4.78, 5) is 72.4. The summed E-state index contributed by atoms with van der Waals surface area (Å²) in [5.74, 6) is 1.66. The molecule has 320 valence electrons. The fraction of sp³-hybridized carbons (Fsp3) is 0.422. The summed E-state index contributed by atoms with van der Waals surface area (Å²) in [7, 11) is 0.799. The van der Waals surface area contributed by atoms with Crippen molar-refractivity contribution in [2.45, 2.75) is 83.8 Å². The van der Waals surface area contributed by atoms with E-state index in [2.05, 4.69) is 51.9 Å². The van der Waals surface area contributed by atoms with Crippen molar-refractivity contribution in [3.63, 3.8) is 0 Å². The van der Waals surface area contributed by atoms with Crippen LogP contribution in [-0.4, -0.2) is 101 Å². The van der Waals surface area contributed by atoms with Crippen LogP contribution in [0.1, 0.15) is 64.3 Å². The predicted octanol–water partition coefficient (Wildman–Crippen LogP) is 8.08. The molecule has 0 aliphatic carbocycles. The number of ether oxygens (including phenoxy) is 2. The van der Waals surface area contributed by atoms with Crippen LogP contribution >= 0.6 is 0 Å². The Morgan fingerprint density at radius 3 is 2.16 bits per heavy atom. The number of aromatic nitrogens is 4. The number of likely N-dealkylation sites (tertiary alicyclic amines) is 1. The highest BCUT2D eigenvalue weighted by atomic mass is 28.3. The van der Waals surface area contributed by atoms with E-state index < -0.39 is 32.3 Å². The number of nitrogens with zero attached hydrogens (tertiary/aromatic N) is 4. The summed E-state index contributed by atoms with van der Waals surface area (Å²) in [6.45, 7) is 12.8. The van der Waals surface area contributed by atoms with Crippen molar-refractivity contribution in [3.8, 4) is 22.6 Å². The number of alkyl carbamates (subject to hydrolysis) is 2. The summed E-state index contributed by atoms with van der Waals surface area (Å²) in [5, 5.41) is 8.40. The first-order chi connectivity index (χ1) is 29.1. The molecule has 15 nitrogen and oxygen atoms in total. The molecule has 16 heteroatoms. The van der Waals surface area contributed by atoms with Crippen LogP contribution in [0, 0.1) is 11.8 Å². The number of imidazole rings is 2. The van der Waals surface area contributed by atoms with Gasteiger partial charge in [0.05, 0.1) is 57.3 Å². The first-order valence-corrected chi connectivity index (χ1v) is 24.4. The fourth-order valence-electron chi connectivity index (χ4n) is 8.94. The monoisotopic (exact) mass is 846 g/mol. The van der Waals surface area contributed by atoms with Gasteiger partial charge in [0.15, 0.2) is 0 Å². The lowest BCUT2D eigenvalue weighted by Crippen LogP contribution is -2.52. The number of hydrogen-bond acceptors (Lipinski definition) is 9. The van der Waals surface area contributed by atoms with Crippen LogP contribution in [0.15, 0.2) is 65.2 Å². The third-order valence-corrected chi connectivity index (χ3v) is 14.8. The number of rotatable bonds is 10. The van der Waals surface area contributed by atoms with Crippen LogP contribution in [0.4, 0.5) is 9.59 Å². The molecule has 0 saturated carbocycles. The maximum Gasteiger partial charge on any atom is 0.407 e. The highest BCUT2D eigenvalue weighted by Gasteiger charge is 2.46. The minimum atomic E-state index is -1.79. The summed E-state index contributed by atoms with van der Waals surface area (Å²) < 4.78 is 16.1. The van der Waals surface area contributed by atoms with Gasteiger partial charge in [0.1, 0.15) is 35.1 Å². The van der Waals surface area contributed by atoms with Crippen molar-refractivity contribution in [1.29, 1.82) is 0 Å². The molecule has 0 radical (unpaired) electrons. The van der Waals surface area contributed by atoms with Crippen molar-refractivity contribution in [1.82, 2.24) is 40.4 Å². The molecule has 6 aromatic rings. The van der Waals surface area contributed by atoms with Crippen molar-refractivity contribution >= 4 is 64.8 Å². The maximum atomic E-state index is 14.0. The predicted molar refractivity (Wildman–Crippen MR) is 235 cm³/mol. The summed E-state index contributed by atoms with van der Waals surface area (Å²) in [5.41, 5.74) is 5.09. The number of amides is 4. The Labute approximate surface area is 354 Å². The van der Waals surface area contributed by atoms with E-state index in [0.717, 1.165) is 80.1 Å². The molecule has 4 amide bonds. The minimum Gasteiger partial charge on any atom is -0.456 e. The van der Waals surface area contributed by atoms with Gasteiger partial charge in [0, 0.05) is 34.6 Å². The zero-order chi connectivity index (χ0) is 43.3. The Morgan fingerprint density at radius 2 is 1.48 bits per heavy atom. The van der Waals surface area contributed by atoms with E-state index in [1.54, 1.807) is 11.1 Å². The van der Waals surface area contributed by atoms with Crippen LogP contribution in [0.2, 0.25) is 19.1 Å². The van der Waals surface area contributed by atoms with Gasteiger partial charge in [0.25, 0.3) is 0 Å². The lowest BCUT2D eigenvalue weighted by atomic mass is 10.0. The largest absolute Gasteiger partial charge is 0.456 e.